The lowest BCUT2D eigenvalue weighted by Crippen LogP contribution is -2.52. The number of rotatable bonds is 5. The third-order valence-electron chi connectivity index (χ3n) is 5.49. The Balaban J connectivity index is 2.04. The van der Waals surface area contributed by atoms with Gasteiger partial charge in [0, 0.05) is 42.0 Å². The number of benzene rings is 1. The maximum absolute atomic E-state index is 12.8. The van der Waals surface area contributed by atoms with E-state index in [1.54, 1.807) is 51.5 Å². The fraction of sp³-hybridized carbons (Fsp3) is 0.318. The predicted molar refractivity (Wildman–Crippen MR) is 115 cm³/mol. The van der Waals surface area contributed by atoms with Crippen LogP contribution in [0.3, 0.4) is 0 Å². The fourth-order valence-corrected chi connectivity index (χ4v) is 4.06. The van der Waals surface area contributed by atoms with Crippen LogP contribution in [0.4, 0.5) is 5.69 Å². The normalized spacial score (nSPS) is 14.5. The number of H-pyrrole nitrogens is 1. The molecular formula is C22H23N3O6. The quantitative estimate of drug-likeness (QED) is 0.649. The van der Waals surface area contributed by atoms with Gasteiger partial charge < -0.3 is 24.1 Å². The zero-order valence-electron chi connectivity index (χ0n) is 17.6. The average Bonchev–Trinajstić information content (AvgIpc) is 3.21. The Kier molecular flexibility index (Phi) is 4.96. The van der Waals surface area contributed by atoms with E-state index >= 15 is 0 Å². The molecule has 0 spiro atoms. The van der Waals surface area contributed by atoms with Crippen molar-refractivity contribution < 1.29 is 24.2 Å². The molecular weight excluding hydrogens is 402 g/mol. The van der Waals surface area contributed by atoms with Crippen LogP contribution in [0.1, 0.15) is 13.8 Å². The second kappa shape index (κ2) is 7.50. The number of ether oxygens (including phenoxy) is 2. The molecule has 9 heteroatoms. The Morgan fingerprint density at radius 2 is 2.00 bits per heavy atom. The first-order valence-electron chi connectivity index (χ1n) is 9.81. The third-order valence-corrected chi connectivity index (χ3v) is 5.49. The highest BCUT2D eigenvalue weighted by Crippen LogP contribution is 2.46. The van der Waals surface area contributed by atoms with Crippen LogP contribution in [0.5, 0.6) is 11.5 Å². The Bertz CT molecular complexity index is 1260. The van der Waals surface area contributed by atoms with Crippen LogP contribution in [0.15, 0.2) is 35.4 Å². The van der Waals surface area contributed by atoms with Gasteiger partial charge in [0.25, 0.3) is 11.5 Å². The lowest BCUT2D eigenvalue weighted by atomic mass is 9.97. The first kappa shape index (κ1) is 20.5. The number of nitrogens with zero attached hydrogens (tertiary/aromatic N) is 2. The summed E-state index contributed by atoms with van der Waals surface area (Å²) in [7, 11) is 3.14. The number of carboxylic acids is 1. The van der Waals surface area contributed by atoms with Crippen LogP contribution < -0.4 is 19.9 Å². The SMILES string of the molecule is COc1cc(-c2cn(C)c(=O)c3[nH]ccc23)c2c(c1)N(C(C(=O)O)C(C)C)C(=O)CO2. The van der Waals surface area contributed by atoms with Gasteiger partial charge >= 0.3 is 5.97 Å². The summed E-state index contributed by atoms with van der Waals surface area (Å²) in [6.07, 6.45) is 3.37. The minimum atomic E-state index is -1.10. The number of carboxylic acid groups (broad SMARTS) is 1. The van der Waals surface area contributed by atoms with Gasteiger partial charge in [0.15, 0.2) is 12.4 Å². The molecule has 1 atom stereocenters. The smallest absolute Gasteiger partial charge is 0.327 e. The van der Waals surface area contributed by atoms with Crippen molar-refractivity contribution in [3.05, 3.63) is 40.9 Å². The number of aromatic nitrogens is 2. The summed E-state index contributed by atoms with van der Waals surface area (Å²) in [5, 5.41) is 10.5. The van der Waals surface area contributed by atoms with Crippen LogP contribution in [-0.2, 0) is 16.6 Å². The first-order chi connectivity index (χ1) is 14.7. The molecule has 0 bridgehead atoms. The molecule has 0 aliphatic carbocycles. The summed E-state index contributed by atoms with van der Waals surface area (Å²) < 4.78 is 12.7. The molecule has 1 aromatic carbocycles. The highest BCUT2D eigenvalue weighted by molar-refractivity contribution is 6.06. The van der Waals surface area contributed by atoms with Crippen molar-refractivity contribution >= 4 is 28.5 Å². The summed E-state index contributed by atoms with van der Waals surface area (Å²) >= 11 is 0. The number of anilines is 1. The molecule has 3 heterocycles. The number of aromatic amines is 1. The molecule has 0 radical (unpaired) electrons. The van der Waals surface area contributed by atoms with Gasteiger partial charge in [0.2, 0.25) is 0 Å². The molecule has 31 heavy (non-hydrogen) atoms. The van der Waals surface area contributed by atoms with Gasteiger partial charge in [-0.05, 0) is 18.1 Å². The molecule has 1 amide bonds. The highest BCUT2D eigenvalue weighted by Gasteiger charge is 2.39. The number of amides is 1. The van der Waals surface area contributed by atoms with E-state index in [0.717, 1.165) is 0 Å². The molecule has 0 fully saturated rings. The molecule has 1 unspecified atom stereocenters. The van der Waals surface area contributed by atoms with E-state index in [2.05, 4.69) is 4.98 Å². The topological polar surface area (TPSA) is 114 Å². The lowest BCUT2D eigenvalue weighted by Gasteiger charge is -2.36. The van der Waals surface area contributed by atoms with E-state index in [1.807, 2.05) is 0 Å². The number of hydrogen-bond donors (Lipinski definition) is 2. The number of pyridine rings is 1. The third kappa shape index (κ3) is 3.22. The molecule has 3 aromatic rings. The van der Waals surface area contributed by atoms with Gasteiger partial charge in [-0.2, -0.15) is 0 Å². The second-order valence-electron chi connectivity index (χ2n) is 7.83. The number of carbonyl (C=O) groups is 2. The van der Waals surface area contributed by atoms with Crippen LogP contribution >= 0.6 is 0 Å². The molecule has 162 valence electrons. The summed E-state index contributed by atoms with van der Waals surface area (Å²) in [5.41, 5.74) is 1.87. The second-order valence-corrected chi connectivity index (χ2v) is 7.83. The van der Waals surface area contributed by atoms with E-state index in [-0.39, 0.29) is 18.1 Å². The summed E-state index contributed by atoms with van der Waals surface area (Å²) in [6, 6.07) is 4.08. The fourth-order valence-electron chi connectivity index (χ4n) is 4.06. The van der Waals surface area contributed by atoms with Gasteiger partial charge in [0.05, 0.1) is 12.8 Å². The largest absolute Gasteiger partial charge is 0.497 e. The van der Waals surface area contributed by atoms with Gasteiger partial charge in [0.1, 0.15) is 17.3 Å². The Labute approximate surface area is 177 Å². The average molecular weight is 425 g/mol. The molecule has 2 N–H and O–H groups in total. The van der Waals surface area contributed by atoms with Crippen molar-refractivity contribution in [3.63, 3.8) is 0 Å². The summed E-state index contributed by atoms with van der Waals surface area (Å²) in [6.45, 7) is 3.21. The zero-order chi connectivity index (χ0) is 22.4. The van der Waals surface area contributed by atoms with Crippen molar-refractivity contribution in [2.45, 2.75) is 19.9 Å². The van der Waals surface area contributed by atoms with Crippen LogP contribution in [-0.4, -0.2) is 46.3 Å². The highest BCUT2D eigenvalue weighted by atomic mass is 16.5. The standard InChI is InChI=1S/C22H23N3O6/c1-11(2)19(22(28)29)25-16-8-12(30-4)7-14(20(16)31-10-17(25)26)15-9-24(3)21(27)18-13(15)5-6-23-18/h5-9,11,19,23H,10H2,1-4H3,(H,28,29). The van der Waals surface area contributed by atoms with Gasteiger partial charge in [-0.15, -0.1) is 0 Å². The van der Waals surface area contributed by atoms with E-state index < -0.39 is 17.9 Å². The number of fused-ring (bicyclic) bond motifs is 2. The van der Waals surface area contributed by atoms with Crippen LogP contribution in [0.25, 0.3) is 22.0 Å². The van der Waals surface area contributed by atoms with E-state index in [9.17, 15) is 19.5 Å². The van der Waals surface area contributed by atoms with E-state index in [0.29, 0.717) is 39.2 Å². The number of carbonyl (C=O) groups excluding carboxylic acids is 1. The van der Waals surface area contributed by atoms with Gasteiger partial charge in [-0.25, -0.2) is 4.79 Å². The predicted octanol–water partition coefficient (Wildman–Crippen LogP) is 2.38. The van der Waals surface area contributed by atoms with Crippen molar-refractivity contribution in [1.82, 2.24) is 9.55 Å². The number of aryl methyl sites for hydroxylation is 1. The van der Waals surface area contributed by atoms with Gasteiger partial charge in [-0.1, -0.05) is 13.8 Å². The molecule has 2 aromatic heterocycles. The maximum Gasteiger partial charge on any atom is 0.327 e. The zero-order valence-corrected chi connectivity index (χ0v) is 17.6. The van der Waals surface area contributed by atoms with Crippen molar-refractivity contribution in [2.75, 3.05) is 18.6 Å². The number of methoxy groups -OCH3 is 1. The lowest BCUT2D eigenvalue weighted by molar-refractivity contribution is -0.141. The molecule has 1 aliphatic rings. The van der Waals surface area contributed by atoms with Crippen molar-refractivity contribution in [2.24, 2.45) is 13.0 Å². The molecule has 4 rings (SSSR count). The van der Waals surface area contributed by atoms with Gasteiger partial charge in [-0.3, -0.25) is 14.5 Å². The first-order valence-corrected chi connectivity index (χ1v) is 9.81. The minimum absolute atomic E-state index is 0.177. The van der Waals surface area contributed by atoms with Crippen LogP contribution in [0.2, 0.25) is 0 Å². The Morgan fingerprint density at radius 3 is 2.65 bits per heavy atom. The minimum Gasteiger partial charge on any atom is -0.497 e. The van der Waals surface area contributed by atoms with E-state index in [1.165, 1.54) is 16.6 Å². The molecule has 1 aliphatic heterocycles. The molecule has 0 saturated carbocycles. The Morgan fingerprint density at radius 1 is 1.26 bits per heavy atom. The molecule has 0 saturated heterocycles. The summed E-state index contributed by atoms with van der Waals surface area (Å²) in [4.78, 5) is 41.5. The Hall–Kier alpha value is -3.75. The molecule has 9 nitrogen and oxygen atoms in total. The number of nitrogens with one attached hydrogen (secondary N) is 1. The number of hydrogen-bond acceptors (Lipinski definition) is 5. The summed E-state index contributed by atoms with van der Waals surface area (Å²) in [5.74, 6) is -1.08. The van der Waals surface area contributed by atoms with E-state index in [4.69, 9.17) is 9.47 Å². The monoisotopic (exact) mass is 425 g/mol. The van der Waals surface area contributed by atoms with Crippen molar-refractivity contribution in [3.8, 4) is 22.6 Å². The van der Waals surface area contributed by atoms with Crippen LogP contribution in [0, 0.1) is 5.92 Å². The number of aliphatic carboxylic acids is 1. The maximum atomic E-state index is 12.8. The van der Waals surface area contributed by atoms with Crippen molar-refractivity contribution in [1.29, 1.82) is 0 Å².